The van der Waals surface area contributed by atoms with Crippen molar-refractivity contribution >= 4 is 11.5 Å². The number of nitro benzene ring substituents is 1. The summed E-state index contributed by atoms with van der Waals surface area (Å²) in [4.78, 5) is 28.1. The van der Waals surface area contributed by atoms with Crippen molar-refractivity contribution in [3.63, 3.8) is 0 Å². The number of hydrogen-bond donors (Lipinski definition) is 0. The van der Waals surface area contributed by atoms with Crippen LogP contribution in [0.1, 0.15) is 34.0 Å². The van der Waals surface area contributed by atoms with Crippen molar-refractivity contribution in [1.29, 1.82) is 0 Å². The second-order valence-corrected chi connectivity index (χ2v) is 6.79. The average Bonchev–Trinajstić information content (AvgIpc) is 2.73. The second-order valence-electron chi connectivity index (χ2n) is 6.79. The molecule has 2 aromatic carbocycles. The van der Waals surface area contributed by atoms with Crippen LogP contribution >= 0.6 is 0 Å². The molecule has 0 N–H and O–H groups in total. The summed E-state index contributed by atoms with van der Waals surface area (Å²) in [5.41, 5.74) is 3.74. The molecule has 3 aromatic rings. The molecule has 0 unspecified atom stereocenters. The monoisotopic (exact) mass is 374 g/mol. The molecule has 28 heavy (non-hydrogen) atoms. The average molecular weight is 374 g/mol. The van der Waals surface area contributed by atoms with Gasteiger partial charge in [-0.25, -0.2) is 0 Å². The summed E-state index contributed by atoms with van der Waals surface area (Å²) in [6, 6.07) is 15.8. The molecule has 4 rings (SSSR count). The van der Waals surface area contributed by atoms with Gasteiger partial charge in [0.15, 0.2) is 5.78 Å². The molecule has 0 radical (unpaired) electrons. The Morgan fingerprint density at radius 3 is 2.61 bits per heavy atom. The number of aromatic nitrogens is 1. The maximum atomic E-state index is 13.0. The number of rotatable bonds is 4. The van der Waals surface area contributed by atoms with Gasteiger partial charge in [0, 0.05) is 30.3 Å². The van der Waals surface area contributed by atoms with Crippen molar-refractivity contribution in [1.82, 2.24) is 4.98 Å². The van der Waals surface area contributed by atoms with E-state index in [0.29, 0.717) is 29.5 Å². The van der Waals surface area contributed by atoms with Crippen LogP contribution in [0.3, 0.4) is 0 Å². The number of hydrogen-bond acceptors (Lipinski definition) is 5. The Hall–Kier alpha value is -3.54. The number of Topliss-reactive ketones (excluding diaryl/α,β-unsaturated/α-hetero) is 1. The highest BCUT2D eigenvalue weighted by molar-refractivity contribution is 6.04. The van der Waals surface area contributed by atoms with Crippen molar-refractivity contribution in [2.24, 2.45) is 0 Å². The van der Waals surface area contributed by atoms with Gasteiger partial charge in [-0.2, -0.15) is 0 Å². The van der Waals surface area contributed by atoms with Gasteiger partial charge >= 0.3 is 0 Å². The first-order valence-electron chi connectivity index (χ1n) is 8.96. The molecule has 0 aliphatic heterocycles. The normalized spacial score (nSPS) is 15.8. The molecule has 140 valence electrons. The van der Waals surface area contributed by atoms with Crippen LogP contribution in [0.5, 0.6) is 5.75 Å². The Bertz CT molecular complexity index is 1060. The standard InChI is InChI=1S/C22H18N2O4/c1-28-18-7-5-14(6-8-18)16-12-20-22(21(25)13-16)19(9-10-23-20)15-3-2-4-17(11-15)24(26)27/h2-11,16H,12-13H2,1H3/t16-/m1/s1. The molecular weight excluding hydrogens is 356 g/mol. The largest absolute Gasteiger partial charge is 0.497 e. The van der Waals surface area contributed by atoms with Crippen LogP contribution in [-0.2, 0) is 6.42 Å². The third-order valence-corrected chi connectivity index (χ3v) is 5.14. The van der Waals surface area contributed by atoms with Gasteiger partial charge in [0.1, 0.15) is 5.75 Å². The highest BCUT2D eigenvalue weighted by Crippen LogP contribution is 2.37. The number of pyridine rings is 1. The number of ether oxygens (including phenoxy) is 1. The van der Waals surface area contributed by atoms with Crippen molar-refractivity contribution in [3.8, 4) is 16.9 Å². The van der Waals surface area contributed by atoms with Gasteiger partial charge in [-0.15, -0.1) is 0 Å². The van der Waals surface area contributed by atoms with E-state index in [4.69, 9.17) is 4.74 Å². The first kappa shape index (κ1) is 17.9. The molecule has 6 nitrogen and oxygen atoms in total. The van der Waals surface area contributed by atoms with Crippen molar-refractivity contribution in [2.75, 3.05) is 7.11 Å². The molecule has 0 bridgehead atoms. The Morgan fingerprint density at radius 2 is 1.89 bits per heavy atom. The Labute approximate surface area is 162 Å². The number of nitro groups is 1. The molecule has 0 fully saturated rings. The zero-order chi connectivity index (χ0) is 19.7. The van der Waals surface area contributed by atoms with E-state index in [-0.39, 0.29) is 17.4 Å². The van der Waals surface area contributed by atoms with E-state index in [1.54, 1.807) is 31.5 Å². The molecule has 1 heterocycles. The minimum Gasteiger partial charge on any atom is -0.497 e. The first-order chi connectivity index (χ1) is 13.6. The van der Waals surface area contributed by atoms with E-state index < -0.39 is 4.92 Å². The van der Waals surface area contributed by atoms with Gasteiger partial charge in [0.05, 0.1) is 17.7 Å². The zero-order valence-electron chi connectivity index (χ0n) is 15.3. The Morgan fingerprint density at radius 1 is 1.11 bits per heavy atom. The van der Waals surface area contributed by atoms with Crippen LogP contribution in [0.15, 0.2) is 60.8 Å². The third kappa shape index (κ3) is 3.24. The van der Waals surface area contributed by atoms with Gasteiger partial charge in [-0.3, -0.25) is 19.9 Å². The van der Waals surface area contributed by atoms with Gasteiger partial charge in [0.25, 0.3) is 5.69 Å². The smallest absolute Gasteiger partial charge is 0.270 e. The fraction of sp³-hybridized carbons (Fsp3) is 0.182. The van der Waals surface area contributed by atoms with E-state index in [0.717, 1.165) is 17.0 Å². The first-order valence-corrected chi connectivity index (χ1v) is 8.96. The third-order valence-electron chi connectivity index (χ3n) is 5.14. The number of nitrogens with zero attached hydrogens (tertiary/aromatic N) is 2. The van der Waals surface area contributed by atoms with Crippen LogP contribution in [0.4, 0.5) is 5.69 Å². The number of benzene rings is 2. The van der Waals surface area contributed by atoms with Crippen LogP contribution in [0, 0.1) is 10.1 Å². The maximum absolute atomic E-state index is 13.0. The number of carbonyl (C=O) groups excluding carboxylic acids is 1. The number of ketones is 1. The Kier molecular flexibility index (Phi) is 4.61. The quantitative estimate of drug-likeness (QED) is 0.493. The lowest BCUT2D eigenvalue weighted by Gasteiger charge is -2.25. The van der Waals surface area contributed by atoms with Gasteiger partial charge < -0.3 is 4.74 Å². The molecule has 0 spiro atoms. The summed E-state index contributed by atoms with van der Waals surface area (Å²) in [6.07, 6.45) is 2.69. The van der Waals surface area contributed by atoms with Gasteiger partial charge in [0.2, 0.25) is 0 Å². The van der Waals surface area contributed by atoms with E-state index >= 15 is 0 Å². The second kappa shape index (κ2) is 7.23. The summed E-state index contributed by atoms with van der Waals surface area (Å²) in [6.45, 7) is 0. The zero-order valence-corrected chi connectivity index (χ0v) is 15.3. The van der Waals surface area contributed by atoms with Crippen molar-refractivity contribution in [2.45, 2.75) is 18.8 Å². The van der Waals surface area contributed by atoms with Crippen LogP contribution < -0.4 is 4.74 Å². The molecule has 1 aliphatic rings. The summed E-state index contributed by atoms with van der Waals surface area (Å²) in [5, 5.41) is 11.1. The van der Waals surface area contributed by atoms with Crippen molar-refractivity contribution in [3.05, 3.63) is 87.7 Å². The lowest BCUT2D eigenvalue weighted by molar-refractivity contribution is -0.384. The molecule has 6 heteroatoms. The summed E-state index contributed by atoms with van der Waals surface area (Å²) in [7, 11) is 1.62. The van der Waals surface area contributed by atoms with E-state index in [1.807, 2.05) is 24.3 Å². The van der Waals surface area contributed by atoms with E-state index in [9.17, 15) is 14.9 Å². The number of carbonyl (C=O) groups is 1. The number of fused-ring (bicyclic) bond motifs is 1. The van der Waals surface area contributed by atoms with E-state index in [2.05, 4.69) is 4.98 Å². The van der Waals surface area contributed by atoms with E-state index in [1.165, 1.54) is 12.1 Å². The highest BCUT2D eigenvalue weighted by Gasteiger charge is 2.30. The van der Waals surface area contributed by atoms with Gasteiger partial charge in [-0.1, -0.05) is 24.3 Å². The molecular formula is C22H18N2O4. The number of methoxy groups -OCH3 is 1. The summed E-state index contributed by atoms with van der Waals surface area (Å²) in [5.74, 6) is 0.841. The Balaban J connectivity index is 1.72. The lowest BCUT2D eigenvalue weighted by Crippen LogP contribution is -2.21. The van der Waals surface area contributed by atoms with Crippen LogP contribution in [0.25, 0.3) is 11.1 Å². The van der Waals surface area contributed by atoms with Crippen LogP contribution in [0.2, 0.25) is 0 Å². The topological polar surface area (TPSA) is 82.3 Å². The maximum Gasteiger partial charge on any atom is 0.270 e. The highest BCUT2D eigenvalue weighted by atomic mass is 16.6. The fourth-order valence-electron chi connectivity index (χ4n) is 3.74. The van der Waals surface area contributed by atoms with Crippen LogP contribution in [-0.4, -0.2) is 22.8 Å². The minimum atomic E-state index is -0.432. The molecule has 1 aliphatic carbocycles. The summed E-state index contributed by atoms with van der Waals surface area (Å²) < 4.78 is 5.20. The molecule has 0 amide bonds. The molecule has 1 aromatic heterocycles. The molecule has 0 saturated heterocycles. The minimum absolute atomic E-state index is 0.00225. The molecule has 1 atom stereocenters. The summed E-state index contributed by atoms with van der Waals surface area (Å²) >= 11 is 0. The lowest BCUT2D eigenvalue weighted by atomic mass is 9.79. The number of non-ortho nitro benzene ring substituents is 1. The SMILES string of the molecule is COc1ccc([C@H]2CC(=O)c3c(-c4cccc([N+](=O)[O-])c4)ccnc3C2)cc1. The fourth-order valence-corrected chi connectivity index (χ4v) is 3.74. The molecule has 0 saturated carbocycles. The van der Waals surface area contributed by atoms with Gasteiger partial charge in [-0.05, 0) is 47.2 Å². The van der Waals surface area contributed by atoms with Crippen molar-refractivity contribution < 1.29 is 14.5 Å². The predicted octanol–water partition coefficient (Wildman–Crippen LogP) is 4.58. The predicted molar refractivity (Wildman–Crippen MR) is 105 cm³/mol.